The van der Waals surface area contributed by atoms with Gasteiger partial charge >= 0.3 is 0 Å². The molecular weight excluding hydrogens is 489 g/mol. The summed E-state index contributed by atoms with van der Waals surface area (Å²) in [6, 6.07) is 8.86. The molecule has 0 aliphatic heterocycles. The van der Waals surface area contributed by atoms with Crippen LogP contribution in [0.1, 0.15) is 5.56 Å². The second kappa shape index (κ2) is 9.36. The summed E-state index contributed by atoms with van der Waals surface area (Å²) in [5, 5.41) is 3.62. The Labute approximate surface area is 203 Å². The zero-order valence-electron chi connectivity index (χ0n) is 18.0. The number of hydrogen-bond donors (Lipinski definition) is 2. The van der Waals surface area contributed by atoms with E-state index in [1.54, 1.807) is 37.3 Å². The van der Waals surface area contributed by atoms with Crippen LogP contribution in [0.3, 0.4) is 0 Å². The molecule has 4 rings (SSSR count). The summed E-state index contributed by atoms with van der Waals surface area (Å²) in [5.74, 6) is -1.58. The molecule has 0 atom stereocenters. The predicted molar refractivity (Wildman–Crippen MR) is 126 cm³/mol. The van der Waals surface area contributed by atoms with E-state index in [9.17, 15) is 13.6 Å². The number of primary amides is 1. The third kappa shape index (κ3) is 4.44. The Hall–Kier alpha value is -3.56. The smallest absolute Gasteiger partial charge is 0.255 e. The maximum Gasteiger partial charge on any atom is 0.255 e. The highest BCUT2D eigenvalue weighted by molar-refractivity contribution is 6.39. The van der Waals surface area contributed by atoms with Crippen LogP contribution in [0.4, 0.5) is 20.3 Å². The molecule has 2 heterocycles. The number of carbonyl (C=O) groups excluding carboxylic acids is 1. The number of nitrogens with two attached hydrogens (primary N) is 1. The number of nitrogens with zero attached hydrogens (tertiary/aromatic N) is 2. The number of imidazole rings is 1. The average Bonchev–Trinajstić information content (AvgIpc) is 3.12. The van der Waals surface area contributed by atoms with E-state index in [0.717, 1.165) is 12.3 Å². The standard InChI is InChI=1S/C23H18Cl2F2N4O3/c1-11-6-13(33-2)8-17(34-10-18(28)32)19(11)21-23(29-20-14(24)4-3-5-15(20)25)31-9-12(26)7-16(27)22(31)30-21/h3-9,29H,10H2,1-2H3,(H2,28,32). The van der Waals surface area contributed by atoms with Gasteiger partial charge in [0.25, 0.3) is 5.91 Å². The topological polar surface area (TPSA) is 90.9 Å². The summed E-state index contributed by atoms with van der Waals surface area (Å²) >= 11 is 12.7. The zero-order chi connectivity index (χ0) is 24.6. The lowest BCUT2D eigenvalue weighted by atomic mass is 10.0. The minimum absolute atomic E-state index is 0.154. The number of para-hydroxylation sites is 1. The van der Waals surface area contributed by atoms with Crippen molar-refractivity contribution in [3.8, 4) is 22.8 Å². The van der Waals surface area contributed by atoms with Gasteiger partial charge in [0.15, 0.2) is 18.1 Å². The molecule has 3 N–H and O–H groups in total. The average molecular weight is 507 g/mol. The van der Waals surface area contributed by atoms with Gasteiger partial charge in [0.2, 0.25) is 0 Å². The molecule has 7 nitrogen and oxygen atoms in total. The fourth-order valence-electron chi connectivity index (χ4n) is 3.51. The van der Waals surface area contributed by atoms with Crippen LogP contribution >= 0.6 is 23.2 Å². The van der Waals surface area contributed by atoms with Crippen LogP contribution in [0, 0.1) is 18.6 Å². The van der Waals surface area contributed by atoms with Gasteiger partial charge in [0.1, 0.15) is 28.8 Å². The predicted octanol–water partition coefficient (Wildman–Crippen LogP) is 5.51. The number of benzene rings is 2. The van der Waals surface area contributed by atoms with Gasteiger partial charge in [-0.15, -0.1) is 0 Å². The van der Waals surface area contributed by atoms with Gasteiger partial charge in [-0.2, -0.15) is 0 Å². The molecule has 0 saturated heterocycles. The van der Waals surface area contributed by atoms with Gasteiger partial charge in [-0.25, -0.2) is 13.8 Å². The molecule has 0 fully saturated rings. The lowest BCUT2D eigenvalue weighted by molar-refractivity contribution is -0.119. The minimum Gasteiger partial charge on any atom is -0.497 e. The maximum atomic E-state index is 14.7. The summed E-state index contributed by atoms with van der Waals surface area (Å²) in [6.07, 6.45) is 1.07. The number of halogens is 4. The van der Waals surface area contributed by atoms with Gasteiger partial charge in [-0.1, -0.05) is 29.3 Å². The quantitative estimate of drug-likeness (QED) is 0.344. The maximum absolute atomic E-state index is 14.7. The van der Waals surface area contributed by atoms with Gasteiger partial charge in [-0.05, 0) is 30.7 Å². The van der Waals surface area contributed by atoms with Crippen LogP contribution in [-0.2, 0) is 4.79 Å². The summed E-state index contributed by atoms with van der Waals surface area (Å²) in [5.41, 5.74) is 6.62. The molecular formula is C23H18Cl2F2N4O3. The summed E-state index contributed by atoms with van der Waals surface area (Å²) < 4.78 is 41.0. The van der Waals surface area contributed by atoms with E-state index < -0.39 is 24.1 Å². The summed E-state index contributed by atoms with van der Waals surface area (Å²) in [7, 11) is 1.47. The Morgan fingerprint density at radius 2 is 1.91 bits per heavy atom. The number of hydrogen-bond acceptors (Lipinski definition) is 5. The Morgan fingerprint density at radius 3 is 2.56 bits per heavy atom. The zero-order valence-corrected chi connectivity index (χ0v) is 19.5. The minimum atomic E-state index is -0.884. The number of pyridine rings is 1. The van der Waals surface area contributed by atoms with Crippen molar-refractivity contribution in [1.82, 2.24) is 9.38 Å². The number of aromatic nitrogens is 2. The second-order valence-corrected chi connectivity index (χ2v) is 8.12. The Morgan fingerprint density at radius 1 is 1.21 bits per heavy atom. The molecule has 1 amide bonds. The Kier molecular flexibility index (Phi) is 6.49. The molecule has 0 spiro atoms. The molecule has 176 valence electrons. The molecule has 34 heavy (non-hydrogen) atoms. The molecule has 2 aromatic heterocycles. The lowest BCUT2D eigenvalue weighted by Gasteiger charge is -2.16. The first-order valence-electron chi connectivity index (χ1n) is 9.87. The molecule has 0 aliphatic carbocycles. The first-order valence-corrected chi connectivity index (χ1v) is 10.6. The fourth-order valence-corrected chi connectivity index (χ4v) is 4.00. The monoisotopic (exact) mass is 506 g/mol. The molecule has 0 radical (unpaired) electrons. The largest absolute Gasteiger partial charge is 0.497 e. The van der Waals surface area contributed by atoms with Crippen molar-refractivity contribution in [3.05, 3.63) is 69.8 Å². The SMILES string of the molecule is COc1cc(C)c(-c2nc3c(F)cc(F)cn3c2Nc2c(Cl)cccc2Cl)c(OCC(N)=O)c1. The van der Waals surface area contributed by atoms with Crippen molar-refractivity contribution in [2.24, 2.45) is 5.73 Å². The number of amides is 1. The number of fused-ring (bicyclic) bond motifs is 1. The number of ether oxygens (including phenoxy) is 2. The van der Waals surface area contributed by atoms with Gasteiger partial charge in [0, 0.05) is 23.9 Å². The highest BCUT2D eigenvalue weighted by Gasteiger charge is 2.24. The van der Waals surface area contributed by atoms with Crippen molar-refractivity contribution in [2.75, 3.05) is 19.0 Å². The number of anilines is 2. The first kappa shape index (κ1) is 23.6. The normalized spacial score (nSPS) is 11.0. The first-order chi connectivity index (χ1) is 16.2. The highest BCUT2D eigenvalue weighted by atomic mass is 35.5. The van der Waals surface area contributed by atoms with E-state index in [0.29, 0.717) is 22.6 Å². The number of rotatable bonds is 7. The lowest BCUT2D eigenvalue weighted by Crippen LogP contribution is -2.20. The summed E-state index contributed by atoms with van der Waals surface area (Å²) in [4.78, 5) is 15.8. The van der Waals surface area contributed by atoms with Gasteiger partial charge in [-0.3, -0.25) is 9.20 Å². The van der Waals surface area contributed by atoms with E-state index in [1.165, 1.54) is 11.5 Å². The van der Waals surface area contributed by atoms with Gasteiger partial charge in [0.05, 0.1) is 22.8 Å². The van der Waals surface area contributed by atoms with E-state index in [2.05, 4.69) is 10.3 Å². The third-order valence-electron chi connectivity index (χ3n) is 4.96. The van der Waals surface area contributed by atoms with Crippen LogP contribution in [0.15, 0.2) is 42.6 Å². The van der Waals surface area contributed by atoms with Crippen molar-refractivity contribution >= 4 is 46.3 Å². The van der Waals surface area contributed by atoms with E-state index >= 15 is 0 Å². The molecule has 11 heteroatoms. The van der Waals surface area contributed by atoms with E-state index in [-0.39, 0.29) is 33.0 Å². The van der Waals surface area contributed by atoms with Crippen molar-refractivity contribution in [1.29, 1.82) is 0 Å². The van der Waals surface area contributed by atoms with Crippen LogP contribution in [0.2, 0.25) is 10.0 Å². The molecule has 0 bridgehead atoms. The number of carbonyl (C=O) groups is 1. The van der Waals surface area contributed by atoms with E-state index in [1.807, 2.05) is 0 Å². The Bertz CT molecular complexity index is 1410. The van der Waals surface area contributed by atoms with Crippen molar-refractivity contribution in [3.63, 3.8) is 0 Å². The second-order valence-electron chi connectivity index (χ2n) is 7.30. The molecule has 0 saturated carbocycles. The molecule has 0 unspecified atom stereocenters. The number of aryl methyl sites for hydroxylation is 1. The fraction of sp³-hybridized carbons (Fsp3) is 0.130. The highest BCUT2D eigenvalue weighted by Crippen LogP contribution is 2.43. The van der Waals surface area contributed by atoms with Crippen LogP contribution in [-0.4, -0.2) is 29.0 Å². The van der Waals surface area contributed by atoms with Gasteiger partial charge < -0.3 is 20.5 Å². The summed E-state index contributed by atoms with van der Waals surface area (Å²) in [6.45, 7) is 1.33. The molecule has 2 aromatic carbocycles. The number of methoxy groups -OCH3 is 1. The molecule has 0 aliphatic rings. The van der Waals surface area contributed by atoms with Crippen LogP contribution in [0.5, 0.6) is 11.5 Å². The van der Waals surface area contributed by atoms with Crippen molar-refractivity contribution in [2.45, 2.75) is 6.92 Å². The van der Waals surface area contributed by atoms with E-state index in [4.69, 9.17) is 38.4 Å². The van der Waals surface area contributed by atoms with Crippen LogP contribution < -0.4 is 20.5 Å². The Balaban J connectivity index is 2.02. The number of nitrogens with one attached hydrogen (secondary N) is 1. The molecule has 4 aromatic rings. The van der Waals surface area contributed by atoms with Crippen molar-refractivity contribution < 1.29 is 23.0 Å². The van der Waals surface area contributed by atoms with Crippen LogP contribution in [0.25, 0.3) is 16.9 Å². The third-order valence-corrected chi connectivity index (χ3v) is 5.59.